The van der Waals surface area contributed by atoms with Gasteiger partial charge in [0, 0.05) is 10.4 Å². The van der Waals surface area contributed by atoms with Gasteiger partial charge >= 0.3 is 0 Å². The molecular formula is C17H11Cl2F. The van der Waals surface area contributed by atoms with Gasteiger partial charge in [0.2, 0.25) is 0 Å². The fourth-order valence-electron chi connectivity index (χ4n) is 2.32. The second-order valence-electron chi connectivity index (χ2n) is 4.60. The van der Waals surface area contributed by atoms with Crippen molar-refractivity contribution < 1.29 is 4.39 Å². The van der Waals surface area contributed by atoms with E-state index in [1.807, 2.05) is 36.4 Å². The zero-order valence-corrected chi connectivity index (χ0v) is 12.0. The smallest absolute Gasteiger partial charge is 0.123 e. The molecule has 0 N–H and O–H groups in total. The maximum atomic E-state index is 13.0. The zero-order chi connectivity index (χ0) is 14.1. The minimum absolute atomic E-state index is 0.265. The molecule has 0 aliphatic carbocycles. The molecule has 3 aromatic carbocycles. The van der Waals surface area contributed by atoms with E-state index in [4.69, 9.17) is 23.2 Å². The van der Waals surface area contributed by atoms with Crippen LogP contribution in [0, 0.1) is 5.82 Å². The van der Waals surface area contributed by atoms with Crippen molar-refractivity contribution in [3.63, 3.8) is 0 Å². The molecule has 3 aromatic rings. The lowest BCUT2D eigenvalue weighted by molar-refractivity contribution is 0.627. The summed E-state index contributed by atoms with van der Waals surface area (Å²) < 4.78 is 13.0. The van der Waals surface area contributed by atoms with E-state index in [0.717, 1.165) is 21.9 Å². The van der Waals surface area contributed by atoms with Gasteiger partial charge in [-0.05, 0) is 34.7 Å². The third-order valence-corrected chi connectivity index (χ3v) is 4.16. The number of benzene rings is 3. The zero-order valence-electron chi connectivity index (χ0n) is 10.5. The van der Waals surface area contributed by atoms with Gasteiger partial charge in [-0.15, -0.1) is 11.6 Å². The average Bonchev–Trinajstić information content (AvgIpc) is 2.48. The molecule has 0 aromatic heterocycles. The molecule has 0 saturated carbocycles. The van der Waals surface area contributed by atoms with Crippen LogP contribution in [0.15, 0.2) is 60.7 Å². The molecule has 0 nitrogen and oxygen atoms in total. The molecule has 0 fully saturated rings. The minimum atomic E-state index is -0.335. The topological polar surface area (TPSA) is 0 Å². The summed E-state index contributed by atoms with van der Waals surface area (Å²) in [6, 6.07) is 17.9. The second-order valence-corrected chi connectivity index (χ2v) is 5.44. The first-order valence-electron chi connectivity index (χ1n) is 6.23. The fraction of sp³-hybridized carbons (Fsp3) is 0.0588. The SMILES string of the molecule is Fc1ccc(C(Cl)c2ccc(Cl)c3ccccc23)cc1. The molecule has 3 heteroatoms. The van der Waals surface area contributed by atoms with Crippen molar-refractivity contribution in [1.82, 2.24) is 0 Å². The number of rotatable bonds is 2. The molecule has 0 amide bonds. The summed E-state index contributed by atoms with van der Waals surface area (Å²) in [5.74, 6) is -0.265. The summed E-state index contributed by atoms with van der Waals surface area (Å²) >= 11 is 12.8. The number of alkyl halides is 1. The maximum absolute atomic E-state index is 13.0. The highest BCUT2D eigenvalue weighted by Crippen LogP contribution is 2.36. The van der Waals surface area contributed by atoms with Crippen LogP contribution in [0.25, 0.3) is 10.8 Å². The van der Waals surface area contributed by atoms with E-state index < -0.39 is 0 Å². The Labute approximate surface area is 126 Å². The highest BCUT2D eigenvalue weighted by molar-refractivity contribution is 6.36. The second kappa shape index (κ2) is 5.43. The van der Waals surface area contributed by atoms with Crippen molar-refractivity contribution in [2.75, 3.05) is 0 Å². The van der Waals surface area contributed by atoms with Crippen molar-refractivity contribution in [1.29, 1.82) is 0 Å². The monoisotopic (exact) mass is 304 g/mol. The van der Waals surface area contributed by atoms with E-state index in [0.29, 0.717) is 5.02 Å². The molecule has 0 radical (unpaired) electrons. The van der Waals surface area contributed by atoms with E-state index in [1.54, 1.807) is 12.1 Å². The Hall–Kier alpha value is -1.57. The van der Waals surface area contributed by atoms with Crippen LogP contribution in [0.2, 0.25) is 5.02 Å². The molecule has 0 bridgehead atoms. The van der Waals surface area contributed by atoms with Crippen LogP contribution in [-0.2, 0) is 0 Å². The van der Waals surface area contributed by atoms with Crippen LogP contribution in [0.4, 0.5) is 4.39 Å². The predicted octanol–water partition coefficient (Wildman–Crippen LogP) is 5.96. The molecule has 0 saturated heterocycles. The minimum Gasteiger partial charge on any atom is -0.207 e. The van der Waals surface area contributed by atoms with Gasteiger partial charge in [-0.2, -0.15) is 0 Å². The van der Waals surface area contributed by atoms with Crippen LogP contribution < -0.4 is 0 Å². The Morgan fingerprint density at radius 3 is 2.15 bits per heavy atom. The first-order chi connectivity index (χ1) is 9.66. The predicted molar refractivity (Wildman–Crippen MR) is 83.1 cm³/mol. The molecule has 3 rings (SSSR count). The van der Waals surface area contributed by atoms with E-state index in [1.165, 1.54) is 12.1 Å². The average molecular weight is 305 g/mol. The lowest BCUT2D eigenvalue weighted by Gasteiger charge is -2.14. The first kappa shape index (κ1) is 13.4. The Bertz CT molecular complexity index is 751. The Morgan fingerprint density at radius 1 is 0.800 bits per heavy atom. The molecular weight excluding hydrogens is 294 g/mol. The van der Waals surface area contributed by atoms with Crippen molar-refractivity contribution in [2.45, 2.75) is 5.38 Å². The standard InChI is InChI=1S/C17H11Cl2F/c18-16-10-9-15(13-3-1-2-4-14(13)16)17(19)11-5-7-12(20)8-6-11/h1-10,17H. The Balaban J connectivity index is 2.14. The third kappa shape index (κ3) is 2.39. The van der Waals surface area contributed by atoms with E-state index in [-0.39, 0.29) is 11.2 Å². The molecule has 20 heavy (non-hydrogen) atoms. The summed E-state index contributed by atoms with van der Waals surface area (Å²) in [7, 11) is 0. The van der Waals surface area contributed by atoms with Crippen LogP contribution in [-0.4, -0.2) is 0 Å². The summed E-state index contributed by atoms with van der Waals surface area (Å²) in [6.07, 6.45) is 0. The lowest BCUT2D eigenvalue weighted by Crippen LogP contribution is -1.95. The van der Waals surface area contributed by atoms with Crippen molar-refractivity contribution >= 4 is 34.0 Å². The van der Waals surface area contributed by atoms with Gasteiger partial charge in [-0.25, -0.2) is 4.39 Å². The summed E-state index contributed by atoms with van der Waals surface area (Å²) in [6.45, 7) is 0. The van der Waals surface area contributed by atoms with Crippen LogP contribution in [0.1, 0.15) is 16.5 Å². The number of halogens is 3. The van der Waals surface area contributed by atoms with Crippen LogP contribution in [0.5, 0.6) is 0 Å². The van der Waals surface area contributed by atoms with Gasteiger partial charge in [0.25, 0.3) is 0 Å². The molecule has 0 heterocycles. The Kier molecular flexibility index (Phi) is 3.64. The van der Waals surface area contributed by atoms with Crippen LogP contribution >= 0.6 is 23.2 Å². The molecule has 0 spiro atoms. The van der Waals surface area contributed by atoms with E-state index >= 15 is 0 Å². The fourth-order valence-corrected chi connectivity index (χ4v) is 2.88. The van der Waals surface area contributed by atoms with E-state index in [9.17, 15) is 4.39 Å². The molecule has 0 aliphatic rings. The molecule has 100 valence electrons. The highest BCUT2D eigenvalue weighted by Gasteiger charge is 2.14. The van der Waals surface area contributed by atoms with Gasteiger partial charge in [0.1, 0.15) is 5.82 Å². The van der Waals surface area contributed by atoms with Gasteiger partial charge in [-0.3, -0.25) is 0 Å². The summed E-state index contributed by atoms with van der Waals surface area (Å²) in [5.41, 5.74) is 1.83. The highest BCUT2D eigenvalue weighted by atomic mass is 35.5. The van der Waals surface area contributed by atoms with Crippen molar-refractivity contribution in [3.05, 3.63) is 82.6 Å². The number of hydrogen-bond acceptors (Lipinski definition) is 0. The van der Waals surface area contributed by atoms with Crippen LogP contribution in [0.3, 0.4) is 0 Å². The van der Waals surface area contributed by atoms with Gasteiger partial charge < -0.3 is 0 Å². The number of hydrogen-bond donors (Lipinski definition) is 0. The largest absolute Gasteiger partial charge is 0.207 e. The lowest BCUT2D eigenvalue weighted by atomic mass is 9.98. The molecule has 1 unspecified atom stereocenters. The summed E-state index contributed by atoms with van der Waals surface area (Å²) in [4.78, 5) is 0. The number of fused-ring (bicyclic) bond motifs is 1. The molecule has 0 aliphatic heterocycles. The Morgan fingerprint density at radius 2 is 1.45 bits per heavy atom. The summed E-state index contributed by atoms with van der Waals surface area (Å²) in [5, 5.41) is 2.36. The van der Waals surface area contributed by atoms with Crippen molar-refractivity contribution in [2.24, 2.45) is 0 Å². The maximum Gasteiger partial charge on any atom is 0.123 e. The third-order valence-electron chi connectivity index (χ3n) is 3.34. The van der Waals surface area contributed by atoms with Gasteiger partial charge in [-0.1, -0.05) is 54.1 Å². The van der Waals surface area contributed by atoms with Crippen molar-refractivity contribution in [3.8, 4) is 0 Å². The van der Waals surface area contributed by atoms with Gasteiger partial charge in [0.15, 0.2) is 0 Å². The molecule has 1 atom stereocenters. The van der Waals surface area contributed by atoms with Gasteiger partial charge in [0.05, 0.1) is 5.38 Å². The first-order valence-corrected chi connectivity index (χ1v) is 7.05. The normalized spacial score (nSPS) is 12.6. The quantitative estimate of drug-likeness (QED) is 0.512. The van der Waals surface area contributed by atoms with E-state index in [2.05, 4.69) is 0 Å².